The van der Waals surface area contributed by atoms with Crippen molar-refractivity contribution in [2.45, 2.75) is 13.0 Å². The largest absolute Gasteiger partial charge is 0.490 e. The zero-order valence-electron chi connectivity index (χ0n) is 11.4. The van der Waals surface area contributed by atoms with Gasteiger partial charge in [-0.3, -0.25) is 0 Å². The summed E-state index contributed by atoms with van der Waals surface area (Å²) in [5.41, 5.74) is 0.892. The number of benzene rings is 1. The van der Waals surface area contributed by atoms with Crippen LogP contribution >= 0.6 is 0 Å². The van der Waals surface area contributed by atoms with E-state index in [1.54, 1.807) is 19.1 Å². The lowest BCUT2D eigenvalue weighted by molar-refractivity contribution is 0.122. The zero-order valence-corrected chi connectivity index (χ0v) is 11.4. The highest BCUT2D eigenvalue weighted by Gasteiger charge is 2.03. The van der Waals surface area contributed by atoms with Crippen molar-refractivity contribution in [3.05, 3.63) is 41.7 Å². The Balaban J connectivity index is 2.11. The number of aromatic nitrogens is 1. The zero-order chi connectivity index (χ0) is 14.4. The third kappa shape index (κ3) is 3.86. The maximum Gasteiger partial charge on any atom is 0.254 e. The van der Waals surface area contributed by atoms with Crippen LogP contribution < -0.4 is 9.47 Å². The fraction of sp³-hybridized carbons (Fsp3) is 0.267. The highest BCUT2D eigenvalue weighted by atomic mass is 16.5. The summed E-state index contributed by atoms with van der Waals surface area (Å²) in [4.78, 5) is 0. The molecule has 1 aromatic heterocycles. The van der Waals surface area contributed by atoms with Crippen LogP contribution in [0.4, 0.5) is 0 Å². The van der Waals surface area contributed by atoms with Gasteiger partial charge in [-0.05, 0) is 30.3 Å². The van der Waals surface area contributed by atoms with Crippen LogP contribution in [0.5, 0.6) is 11.6 Å². The van der Waals surface area contributed by atoms with E-state index in [1.165, 1.54) is 7.11 Å². The summed E-state index contributed by atoms with van der Waals surface area (Å²) in [6, 6.07) is 9.25. The Kier molecular flexibility index (Phi) is 4.79. The number of para-hydroxylation sites is 1. The molecule has 1 aromatic carbocycles. The van der Waals surface area contributed by atoms with Gasteiger partial charge in [-0.2, -0.15) is 0 Å². The molecule has 0 radical (unpaired) electrons. The summed E-state index contributed by atoms with van der Waals surface area (Å²) in [5, 5.41) is 13.0. The number of hydrogen-bond acceptors (Lipinski definition) is 5. The molecule has 1 atom stereocenters. The fourth-order valence-corrected chi connectivity index (χ4v) is 1.58. The quantitative estimate of drug-likeness (QED) is 0.878. The van der Waals surface area contributed by atoms with Gasteiger partial charge in [0.2, 0.25) is 0 Å². The highest BCUT2D eigenvalue weighted by Crippen LogP contribution is 2.21. The molecule has 0 aliphatic rings. The van der Waals surface area contributed by atoms with Crippen LogP contribution in [0.2, 0.25) is 0 Å². The number of aliphatic hydroxyl groups is 1. The van der Waals surface area contributed by atoms with Crippen LogP contribution in [0.25, 0.3) is 12.2 Å². The van der Waals surface area contributed by atoms with Crippen LogP contribution in [0.1, 0.15) is 18.2 Å². The van der Waals surface area contributed by atoms with Gasteiger partial charge in [0.05, 0.1) is 13.2 Å². The van der Waals surface area contributed by atoms with Crippen LogP contribution in [0.15, 0.2) is 34.9 Å². The molecule has 20 heavy (non-hydrogen) atoms. The summed E-state index contributed by atoms with van der Waals surface area (Å²) < 4.78 is 15.6. The topological polar surface area (TPSA) is 64.7 Å². The average molecular weight is 275 g/mol. The van der Waals surface area contributed by atoms with E-state index in [4.69, 9.17) is 14.0 Å². The molecule has 0 aliphatic heterocycles. The number of aliphatic hydroxyl groups excluding tert-OH is 1. The fourth-order valence-electron chi connectivity index (χ4n) is 1.58. The monoisotopic (exact) mass is 275 g/mol. The SMILES string of the molecule is COc1cc(/C=C/c2ccccc2OCC(C)O)on1. The van der Waals surface area contributed by atoms with Gasteiger partial charge < -0.3 is 19.1 Å². The minimum absolute atomic E-state index is 0.251. The van der Waals surface area contributed by atoms with Gasteiger partial charge in [0.25, 0.3) is 5.88 Å². The molecule has 2 aromatic rings. The Hall–Kier alpha value is -2.27. The van der Waals surface area contributed by atoms with E-state index in [2.05, 4.69) is 5.16 Å². The number of methoxy groups -OCH3 is 1. The molecule has 0 saturated carbocycles. The lowest BCUT2D eigenvalue weighted by atomic mass is 10.2. The number of ether oxygens (including phenoxy) is 2. The minimum Gasteiger partial charge on any atom is -0.490 e. The molecular formula is C15H17NO4. The first-order chi connectivity index (χ1) is 9.69. The van der Waals surface area contributed by atoms with Gasteiger partial charge in [-0.25, -0.2) is 0 Å². The molecule has 2 rings (SSSR count). The summed E-state index contributed by atoms with van der Waals surface area (Å²) >= 11 is 0. The van der Waals surface area contributed by atoms with Crippen molar-refractivity contribution in [1.82, 2.24) is 5.16 Å². The van der Waals surface area contributed by atoms with E-state index >= 15 is 0 Å². The smallest absolute Gasteiger partial charge is 0.254 e. The van der Waals surface area contributed by atoms with Crippen LogP contribution in [-0.4, -0.2) is 30.1 Å². The molecule has 0 amide bonds. The van der Waals surface area contributed by atoms with Gasteiger partial charge in [0.1, 0.15) is 12.4 Å². The van der Waals surface area contributed by atoms with E-state index in [0.717, 1.165) is 5.56 Å². The normalized spacial score (nSPS) is 12.6. The van der Waals surface area contributed by atoms with Crippen molar-refractivity contribution in [1.29, 1.82) is 0 Å². The van der Waals surface area contributed by atoms with E-state index in [1.807, 2.05) is 30.3 Å². The second-order valence-electron chi connectivity index (χ2n) is 4.30. The molecule has 0 fully saturated rings. The molecule has 0 bridgehead atoms. The lowest BCUT2D eigenvalue weighted by Crippen LogP contribution is -2.13. The van der Waals surface area contributed by atoms with Gasteiger partial charge >= 0.3 is 0 Å². The van der Waals surface area contributed by atoms with Crippen molar-refractivity contribution < 1.29 is 19.1 Å². The Labute approximate surface area is 117 Å². The highest BCUT2D eigenvalue weighted by molar-refractivity contribution is 5.70. The van der Waals surface area contributed by atoms with Crippen molar-refractivity contribution in [3.8, 4) is 11.6 Å². The van der Waals surface area contributed by atoms with Crippen molar-refractivity contribution in [2.75, 3.05) is 13.7 Å². The maximum absolute atomic E-state index is 9.26. The third-order valence-electron chi connectivity index (χ3n) is 2.54. The molecule has 1 N–H and O–H groups in total. The molecule has 0 aliphatic carbocycles. The average Bonchev–Trinajstić information content (AvgIpc) is 2.91. The van der Waals surface area contributed by atoms with Crippen LogP contribution in [-0.2, 0) is 0 Å². The standard InChI is InChI=1S/C15H17NO4/c1-11(17)10-19-14-6-4-3-5-12(14)7-8-13-9-15(18-2)16-20-13/h3-9,11,17H,10H2,1-2H3/b8-7+. The summed E-state index contributed by atoms with van der Waals surface area (Å²) in [6.45, 7) is 1.93. The van der Waals surface area contributed by atoms with E-state index in [0.29, 0.717) is 17.4 Å². The van der Waals surface area contributed by atoms with Gasteiger partial charge in [0, 0.05) is 11.6 Å². The van der Waals surface area contributed by atoms with Crippen molar-refractivity contribution in [3.63, 3.8) is 0 Å². The first-order valence-corrected chi connectivity index (χ1v) is 6.27. The predicted octanol–water partition coefficient (Wildman–Crippen LogP) is 2.61. The first kappa shape index (κ1) is 14.1. The third-order valence-corrected chi connectivity index (χ3v) is 2.54. The molecule has 5 nitrogen and oxygen atoms in total. The number of hydrogen-bond donors (Lipinski definition) is 1. The van der Waals surface area contributed by atoms with E-state index in [9.17, 15) is 5.11 Å². The Bertz CT molecular complexity index is 575. The van der Waals surface area contributed by atoms with Gasteiger partial charge in [-0.15, -0.1) is 0 Å². The first-order valence-electron chi connectivity index (χ1n) is 6.27. The molecular weight excluding hydrogens is 258 g/mol. The minimum atomic E-state index is -0.509. The van der Waals surface area contributed by atoms with Gasteiger partial charge in [0.15, 0.2) is 5.76 Å². The Morgan fingerprint density at radius 3 is 2.85 bits per heavy atom. The lowest BCUT2D eigenvalue weighted by Gasteiger charge is -2.10. The number of nitrogens with zero attached hydrogens (tertiary/aromatic N) is 1. The Morgan fingerprint density at radius 2 is 2.15 bits per heavy atom. The van der Waals surface area contributed by atoms with Crippen molar-refractivity contribution >= 4 is 12.2 Å². The summed E-state index contributed by atoms with van der Waals surface area (Å²) in [6.07, 6.45) is 3.13. The second-order valence-corrected chi connectivity index (χ2v) is 4.30. The predicted molar refractivity (Wildman–Crippen MR) is 75.6 cm³/mol. The Morgan fingerprint density at radius 1 is 1.35 bits per heavy atom. The van der Waals surface area contributed by atoms with Crippen molar-refractivity contribution in [2.24, 2.45) is 0 Å². The molecule has 5 heteroatoms. The number of rotatable bonds is 6. The molecule has 1 heterocycles. The van der Waals surface area contributed by atoms with E-state index in [-0.39, 0.29) is 6.61 Å². The molecule has 1 unspecified atom stereocenters. The summed E-state index contributed by atoms with van der Waals surface area (Å²) in [7, 11) is 1.53. The molecule has 0 spiro atoms. The van der Waals surface area contributed by atoms with E-state index < -0.39 is 6.10 Å². The maximum atomic E-state index is 9.26. The molecule has 0 saturated heterocycles. The van der Waals surface area contributed by atoms with Crippen LogP contribution in [0, 0.1) is 0 Å². The molecule has 106 valence electrons. The second kappa shape index (κ2) is 6.77. The summed E-state index contributed by atoms with van der Waals surface area (Å²) in [5.74, 6) is 1.73. The van der Waals surface area contributed by atoms with Crippen LogP contribution in [0.3, 0.4) is 0 Å². The van der Waals surface area contributed by atoms with Gasteiger partial charge in [-0.1, -0.05) is 18.2 Å².